The van der Waals surface area contributed by atoms with Gasteiger partial charge in [-0.25, -0.2) is 8.78 Å². The molecule has 0 aliphatic rings. The van der Waals surface area contributed by atoms with Gasteiger partial charge in [0.25, 0.3) is 6.47 Å². The molecule has 1 rings (SSSR count). The van der Waals surface area contributed by atoms with Crippen molar-refractivity contribution >= 4 is 18.1 Å². The Labute approximate surface area is 71.7 Å². The molecule has 0 N–H and O–H groups in total. The summed E-state index contributed by atoms with van der Waals surface area (Å²) in [6.45, 7) is -0.0601. The molecule has 0 aliphatic heterocycles. The molecule has 0 spiro atoms. The smallest absolute Gasteiger partial charge is 0.298 e. The van der Waals surface area contributed by atoms with Gasteiger partial charge in [-0.2, -0.15) is 0 Å². The highest BCUT2D eigenvalue weighted by molar-refractivity contribution is 6.30. The Kier molecular flexibility index (Phi) is 2.60. The average Bonchev–Trinajstić information content (AvgIpc) is 1.96. The Hall–Kier alpha value is -1.16. The van der Waals surface area contributed by atoms with Crippen molar-refractivity contribution in [3.63, 3.8) is 0 Å². The summed E-state index contributed by atoms with van der Waals surface area (Å²) in [4.78, 5) is 9.78. The zero-order valence-corrected chi connectivity index (χ0v) is 6.44. The summed E-state index contributed by atoms with van der Waals surface area (Å²) in [6, 6.07) is 1.70. The highest BCUT2D eigenvalue weighted by atomic mass is 35.5. The molecule has 0 atom stereocenters. The van der Waals surface area contributed by atoms with E-state index >= 15 is 0 Å². The van der Waals surface area contributed by atoms with Crippen LogP contribution in [0.15, 0.2) is 12.1 Å². The van der Waals surface area contributed by atoms with Crippen molar-refractivity contribution in [1.29, 1.82) is 0 Å². The maximum absolute atomic E-state index is 12.7. The van der Waals surface area contributed by atoms with Gasteiger partial charge < -0.3 is 4.74 Å². The standard InChI is InChI=1S/C7H3ClF2O2/c8-4-1-5(9)7(12-3-11)6(10)2-4/h1-3H. The molecule has 64 valence electrons. The Morgan fingerprint density at radius 3 is 2.25 bits per heavy atom. The van der Waals surface area contributed by atoms with Gasteiger partial charge in [-0.05, 0) is 12.1 Å². The molecular weight excluding hydrogens is 190 g/mol. The zero-order chi connectivity index (χ0) is 9.14. The number of carbonyl (C=O) groups is 1. The van der Waals surface area contributed by atoms with Crippen LogP contribution in [0.5, 0.6) is 5.75 Å². The van der Waals surface area contributed by atoms with E-state index in [9.17, 15) is 13.6 Å². The van der Waals surface area contributed by atoms with Crippen LogP contribution in [0.2, 0.25) is 5.02 Å². The fourth-order valence-corrected chi connectivity index (χ4v) is 0.881. The minimum Gasteiger partial charge on any atom is -0.422 e. The molecule has 0 heterocycles. The lowest BCUT2D eigenvalue weighted by atomic mass is 10.3. The summed E-state index contributed by atoms with van der Waals surface area (Å²) in [5.41, 5.74) is 0. The SMILES string of the molecule is O=COc1c(F)cc(Cl)cc1F. The lowest BCUT2D eigenvalue weighted by Gasteiger charge is -2.01. The van der Waals surface area contributed by atoms with Crippen molar-refractivity contribution in [3.8, 4) is 5.75 Å². The van der Waals surface area contributed by atoms with E-state index < -0.39 is 17.4 Å². The van der Waals surface area contributed by atoms with E-state index in [0.717, 1.165) is 12.1 Å². The number of rotatable bonds is 2. The van der Waals surface area contributed by atoms with E-state index in [4.69, 9.17) is 11.6 Å². The van der Waals surface area contributed by atoms with Crippen LogP contribution in [0, 0.1) is 11.6 Å². The van der Waals surface area contributed by atoms with Crippen LogP contribution in [0.4, 0.5) is 8.78 Å². The number of benzene rings is 1. The van der Waals surface area contributed by atoms with Crippen molar-refractivity contribution in [1.82, 2.24) is 0 Å². The summed E-state index contributed by atoms with van der Waals surface area (Å²) in [6.07, 6.45) is 0. The van der Waals surface area contributed by atoms with Crippen molar-refractivity contribution in [2.75, 3.05) is 0 Å². The molecule has 0 saturated carbocycles. The minimum absolute atomic E-state index is 0.0601. The fraction of sp³-hybridized carbons (Fsp3) is 0. The first-order valence-electron chi connectivity index (χ1n) is 2.90. The van der Waals surface area contributed by atoms with Crippen molar-refractivity contribution in [3.05, 3.63) is 28.8 Å². The van der Waals surface area contributed by atoms with Gasteiger partial charge in [0, 0.05) is 5.02 Å². The molecule has 0 radical (unpaired) electrons. The predicted molar refractivity (Wildman–Crippen MR) is 38.1 cm³/mol. The van der Waals surface area contributed by atoms with Crippen molar-refractivity contribution < 1.29 is 18.3 Å². The number of ether oxygens (including phenoxy) is 1. The maximum atomic E-state index is 12.7. The van der Waals surface area contributed by atoms with E-state index in [1.807, 2.05) is 0 Å². The largest absolute Gasteiger partial charge is 0.422 e. The monoisotopic (exact) mass is 192 g/mol. The van der Waals surface area contributed by atoms with Crippen LogP contribution in [0.25, 0.3) is 0 Å². The van der Waals surface area contributed by atoms with E-state index in [1.165, 1.54) is 0 Å². The number of carbonyl (C=O) groups excluding carboxylic acids is 1. The van der Waals surface area contributed by atoms with E-state index in [1.54, 1.807) is 0 Å². The van der Waals surface area contributed by atoms with E-state index in [2.05, 4.69) is 4.74 Å². The quantitative estimate of drug-likeness (QED) is 0.672. The summed E-state index contributed by atoms with van der Waals surface area (Å²) in [5, 5.41) is -0.0942. The summed E-state index contributed by atoms with van der Waals surface area (Å²) < 4.78 is 29.4. The summed E-state index contributed by atoms with van der Waals surface area (Å²) in [7, 11) is 0. The lowest BCUT2D eigenvalue weighted by molar-refractivity contribution is -0.121. The molecule has 5 heteroatoms. The summed E-state index contributed by atoms with van der Waals surface area (Å²) >= 11 is 5.30. The van der Waals surface area contributed by atoms with Gasteiger partial charge >= 0.3 is 0 Å². The molecule has 0 amide bonds. The van der Waals surface area contributed by atoms with Gasteiger partial charge in [-0.1, -0.05) is 11.6 Å². The Bertz CT molecular complexity index is 291. The molecule has 0 aliphatic carbocycles. The van der Waals surface area contributed by atoms with Crippen LogP contribution in [-0.2, 0) is 4.79 Å². The molecule has 0 unspecified atom stereocenters. The Morgan fingerprint density at radius 1 is 1.33 bits per heavy atom. The van der Waals surface area contributed by atoms with Gasteiger partial charge in [0.05, 0.1) is 0 Å². The van der Waals surface area contributed by atoms with Gasteiger partial charge in [-0.15, -0.1) is 0 Å². The third-order valence-corrected chi connectivity index (χ3v) is 1.35. The third kappa shape index (κ3) is 1.71. The highest BCUT2D eigenvalue weighted by Gasteiger charge is 2.11. The number of halogens is 3. The van der Waals surface area contributed by atoms with Crippen LogP contribution in [0.1, 0.15) is 0 Å². The molecule has 1 aromatic rings. The Morgan fingerprint density at radius 2 is 1.83 bits per heavy atom. The fourth-order valence-electron chi connectivity index (χ4n) is 0.690. The molecule has 12 heavy (non-hydrogen) atoms. The normalized spacial score (nSPS) is 9.58. The lowest BCUT2D eigenvalue weighted by Crippen LogP contribution is -1.95. The maximum Gasteiger partial charge on any atom is 0.298 e. The average molecular weight is 193 g/mol. The number of hydrogen-bond acceptors (Lipinski definition) is 2. The van der Waals surface area contributed by atoms with E-state index in [0.29, 0.717) is 0 Å². The third-order valence-electron chi connectivity index (χ3n) is 1.13. The molecule has 0 saturated heterocycles. The molecular formula is C7H3ClF2O2. The minimum atomic E-state index is -1.01. The second-order valence-corrected chi connectivity index (χ2v) is 2.35. The van der Waals surface area contributed by atoms with Crippen LogP contribution in [0.3, 0.4) is 0 Å². The van der Waals surface area contributed by atoms with Crippen LogP contribution >= 0.6 is 11.6 Å². The van der Waals surface area contributed by atoms with Gasteiger partial charge in [0.15, 0.2) is 11.6 Å². The van der Waals surface area contributed by atoms with Gasteiger partial charge in [0.1, 0.15) is 0 Å². The second kappa shape index (κ2) is 3.49. The number of hydrogen-bond donors (Lipinski definition) is 0. The highest BCUT2D eigenvalue weighted by Crippen LogP contribution is 2.24. The molecule has 2 nitrogen and oxygen atoms in total. The van der Waals surface area contributed by atoms with Crippen LogP contribution in [-0.4, -0.2) is 6.47 Å². The first kappa shape index (κ1) is 8.93. The molecule has 1 aromatic carbocycles. The topological polar surface area (TPSA) is 26.3 Å². The van der Waals surface area contributed by atoms with Crippen molar-refractivity contribution in [2.45, 2.75) is 0 Å². The summed E-state index contributed by atoms with van der Waals surface area (Å²) in [5.74, 6) is -2.76. The molecule has 0 bridgehead atoms. The first-order chi connectivity index (χ1) is 5.65. The van der Waals surface area contributed by atoms with Crippen LogP contribution < -0.4 is 4.74 Å². The van der Waals surface area contributed by atoms with Gasteiger partial charge in [0.2, 0.25) is 5.75 Å². The zero-order valence-electron chi connectivity index (χ0n) is 5.68. The van der Waals surface area contributed by atoms with Crippen molar-refractivity contribution in [2.24, 2.45) is 0 Å². The Balaban J connectivity index is 3.18. The van der Waals surface area contributed by atoms with Gasteiger partial charge in [-0.3, -0.25) is 4.79 Å². The first-order valence-corrected chi connectivity index (χ1v) is 3.28. The molecule has 0 aromatic heterocycles. The predicted octanol–water partition coefficient (Wildman–Crippen LogP) is 2.15. The second-order valence-electron chi connectivity index (χ2n) is 1.91. The van der Waals surface area contributed by atoms with E-state index in [-0.39, 0.29) is 11.5 Å². The molecule has 0 fully saturated rings.